The summed E-state index contributed by atoms with van der Waals surface area (Å²) in [4.78, 5) is 12.1. The van der Waals surface area contributed by atoms with Crippen molar-refractivity contribution in [3.05, 3.63) is 34.9 Å². The van der Waals surface area contributed by atoms with Crippen LogP contribution >= 0.6 is 11.6 Å². The lowest BCUT2D eigenvalue weighted by molar-refractivity contribution is -0.126. The Kier molecular flexibility index (Phi) is 5.17. The third-order valence-electron chi connectivity index (χ3n) is 3.01. The number of rotatable bonds is 5. The van der Waals surface area contributed by atoms with Crippen molar-refractivity contribution in [3.8, 4) is 0 Å². The molecule has 2 atom stereocenters. The Morgan fingerprint density at radius 2 is 2.11 bits per heavy atom. The molecule has 0 saturated carbocycles. The molecule has 4 heteroatoms. The van der Waals surface area contributed by atoms with E-state index >= 15 is 0 Å². The van der Waals surface area contributed by atoms with Gasteiger partial charge in [0.05, 0.1) is 11.6 Å². The monoisotopic (exact) mass is 268 g/mol. The van der Waals surface area contributed by atoms with Gasteiger partial charge in [-0.2, -0.15) is 0 Å². The van der Waals surface area contributed by atoms with Gasteiger partial charge in [-0.25, -0.2) is 0 Å². The predicted octanol–water partition coefficient (Wildman–Crippen LogP) is 3.03. The van der Waals surface area contributed by atoms with Crippen LogP contribution in [0, 0.1) is 0 Å². The Balaban J connectivity index is 2.74. The average Bonchev–Trinajstić information content (AvgIpc) is 2.29. The molecule has 0 fully saturated rings. The zero-order valence-corrected chi connectivity index (χ0v) is 11.9. The Bertz CT molecular complexity index is 418. The first-order chi connectivity index (χ1) is 8.38. The summed E-state index contributed by atoms with van der Waals surface area (Å²) < 4.78 is 0. The summed E-state index contributed by atoms with van der Waals surface area (Å²) >= 11 is 6.10. The molecule has 0 aromatic heterocycles. The van der Waals surface area contributed by atoms with Crippen LogP contribution in [0.4, 0.5) is 0 Å². The molecule has 1 amide bonds. The Morgan fingerprint density at radius 3 is 2.67 bits per heavy atom. The molecule has 1 rings (SSSR count). The van der Waals surface area contributed by atoms with Crippen LogP contribution in [0.5, 0.6) is 0 Å². The number of nitrogens with one attached hydrogen (secondary N) is 1. The average molecular weight is 269 g/mol. The van der Waals surface area contributed by atoms with E-state index in [-0.39, 0.29) is 11.9 Å². The highest BCUT2D eigenvalue weighted by Crippen LogP contribution is 2.22. The molecule has 0 aliphatic heterocycles. The molecule has 100 valence electrons. The van der Waals surface area contributed by atoms with Crippen LogP contribution in [0.3, 0.4) is 0 Å². The third kappa shape index (κ3) is 3.72. The van der Waals surface area contributed by atoms with Crippen molar-refractivity contribution in [1.29, 1.82) is 0 Å². The molecule has 0 bridgehead atoms. The van der Waals surface area contributed by atoms with Crippen molar-refractivity contribution < 1.29 is 4.79 Å². The van der Waals surface area contributed by atoms with Crippen LogP contribution in [0.25, 0.3) is 0 Å². The van der Waals surface area contributed by atoms with Gasteiger partial charge in [-0.05, 0) is 31.9 Å². The summed E-state index contributed by atoms with van der Waals surface area (Å²) in [7, 11) is 0. The Morgan fingerprint density at radius 1 is 1.50 bits per heavy atom. The van der Waals surface area contributed by atoms with E-state index in [1.165, 1.54) is 0 Å². The van der Waals surface area contributed by atoms with Gasteiger partial charge in [0, 0.05) is 5.02 Å². The minimum Gasteiger partial charge on any atom is -0.348 e. The highest BCUT2D eigenvalue weighted by Gasteiger charge is 2.28. The molecule has 3 nitrogen and oxygen atoms in total. The summed E-state index contributed by atoms with van der Waals surface area (Å²) in [6, 6.07) is 7.34. The second-order valence-electron chi connectivity index (χ2n) is 4.88. The van der Waals surface area contributed by atoms with Crippen molar-refractivity contribution in [2.75, 3.05) is 0 Å². The predicted molar refractivity (Wildman–Crippen MR) is 75.5 cm³/mol. The van der Waals surface area contributed by atoms with Crippen molar-refractivity contribution >= 4 is 17.5 Å². The summed E-state index contributed by atoms with van der Waals surface area (Å²) in [5, 5.41) is 3.57. The molecule has 1 unspecified atom stereocenters. The molecule has 0 aliphatic carbocycles. The number of carbonyl (C=O) groups is 1. The second kappa shape index (κ2) is 6.21. The normalized spacial score (nSPS) is 15.8. The van der Waals surface area contributed by atoms with E-state index in [4.69, 9.17) is 17.3 Å². The third-order valence-corrected chi connectivity index (χ3v) is 3.35. The van der Waals surface area contributed by atoms with Gasteiger partial charge in [-0.1, -0.05) is 43.1 Å². The van der Waals surface area contributed by atoms with E-state index in [1.807, 2.05) is 38.1 Å². The lowest BCUT2D eigenvalue weighted by Gasteiger charge is -2.26. The molecule has 0 heterocycles. The molecule has 1 aromatic rings. The standard InChI is InChI=1S/C14H21ClN2O/c1-4-9-14(3,16)13(18)17-10(2)11-7-5-6-8-12(11)15/h5-8,10H,4,9,16H2,1-3H3,(H,17,18)/t10-,14?/m1/s1. The van der Waals surface area contributed by atoms with E-state index in [2.05, 4.69) is 5.32 Å². The molecule has 0 spiro atoms. The fraction of sp³-hybridized carbons (Fsp3) is 0.500. The number of benzene rings is 1. The summed E-state index contributed by atoms with van der Waals surface area (Å²) in [5.74, 6) is -0.142. The SMILES string of the molecule is CCCC(C)(N)C(=O)N[C@H](C)c1ccccc1Cl. The lowest BCUT2D eigenvalue weighted by atomic mass is 9.95. The topological polar surface area (TPSA) is 55.1 Å². The van der Waals surface area contributed by atoms with Gasteiger partial charge >= 0.3 is 0 Å². The Hall–Kier alpha value is -1.06. The smallest absolute Gasteiger partial charge is 0.240 e. The van der Waals surface area contributed by atoms with Gasteiger partial charge in [0.1, 0.15) is 0 Å². The van der Waals surface area contributed by atoms with E-state index < -0.39 is 5.54 Å². The number of halogens is 1. The maximum atomic E-state index is 12.1. The van der Waals surface area contributed by atoms with Gasteiger partial charge in [0.25, 0.3) is 0 Å². The highest BCUT2D eigenvalue weighted by atomic mass is 35.5. The summed E-state index contributed by atoms with van der Waals surface area (Å²) in [6.45, 7) is 5.67. The molecule has 18 heavy (non-hydrogen) atoms. The van der Waals surface area contributed by atoms with Crippen LogP contribution < -0.4 is 11.1 Å². The molecule has 3 N–H and O–H groups in total. The molecule has 0 aliphatic rings. The minimum atomic E-state index is -0.829. The van der Waals surface area contributed by atoms with Crippen LogP contribution in [0.15, 0.2) is 24.3 Å². The molecular weight excluding hydrogens is 248 g/mol. The Labute approximate surface area is 114 Å². The van der Waals surface area contributed by atoms with Crippen molar-refractivity contribution in [2.24, 2.45) is 5.73 Å². The van der Waals surface area contributed by atoms with Gasteiger partial charge in [0.2, 0.25) is 5.91 Å². The molecule has 0 saturated heterocycles. The van der Waals surface area contributed by atoms with E-state index in [1.54, 1.807) is 6.92 Å². The van der Waals surface area contributed by atoms with E-state index in [9.17, 15) is 4.79 Å². The first kappa shape index (κ1) is 15.0. The molecule has 0 radical (unpaired) electrons. The van der Waals surface area contributed by atoms with Crippen LogP contribution in [-0.4, -0.2) is 11.4 Å². The number of nitrogens with two attached hydrogens (primary N) is 1. The number of hydrogen-bond acceptors (Lipinski definition) is 2. The summed E-state index contributed by atoms with van der Waals surface area (Å²) in [6.07, 6.45) is 1.54. The van der Waals surface area contributed by atoms with Crippen molar-refractivity contribution in [2.45, 2.75) is 45.2 Å². The van der Waals surface area contributed by atoms with Crippen LogP contribution in [0.2, 0.25) is 5.02 Å². The largest absolute Gasteiger partial charge is 0.348 e. The number of hydrogen-bond donors (Lipinski definition) is 2. The minimum absolute atomic E-state index is 0.142. The van der Waals surface area contributed by atoms with E-state index in [0.717, 1.165) is 12.0 Å². The fourth-order valence-corrected chi connectivity index (χ4v) is 2.20. The number of amides is 1. The quantitative estimate of drug-likeness (QED) is 0.862. The second-order valence-corrected chi connectivity index (χ2v) is 5.29. The van der Waals surface area contributed by atoms with Gasteiger partial charge in [0.15, 0.2) is 0 Å². The first-order valence-electron chi connectivity index (χ1n) is 6.22. The van der Waals surface area contributed by atoms with Crippen LogP contribution in [-0.2, 0) is 4.79 Å². The highest BCUT2D eigenvalue weighted by molar-refractivity contribution is 6.31. The van der Waals surface area contributed by atoms with Crippen molar-refractivity contribution in [3.63, 3.8) is 0 Å². The van der Waals surface area contributed by atoms with Crippen molar-refractivity contribution in [1.82, 2.24) is 5.32 Å². The number of carbonyl (C=O) groups excluding carboxylic acids is 1. The molecular formula is C14H21ClN2O. The zero-order valence-electron chi connectivity index (χ0n) is 11.2. The van der Waals surface area contributed by atoms with Gasteiger partial charge < -0.3 is 11.1 Å². The zero-order chi connectivity index (χ0) is 13.8. The maximum Gasteiger partial charge on any atom is 0.240 e. The lowest BCUT2D eigenvalue weighted by Crippen LogP contribution is -2.52. The van der Waals surface area contributed by atoms with Gasteiger partial charge in [-0.3, -0.25) is 4.79 Å². The summed E-state index contributed by atoms with van der Waals surface area (Å²) in [5.41, 5.74) is 6.06. The maximum absolute atomic E-state index is 12.1. The van der Waals surface area contributed by atoms with Crippen LogP contribution in [0.1, 0.15) is 45.2 Å². The molecule has 1 aromatic carbocycles. The fourth-order valence-electron chi connectivity index (χ4n) is 1.90. The van der Waals surface area contributed by atoms with Gasteiger partial charge in [-0.15, -0.1) is 0 Å². The first-order valence-corrected chi connectivity index (χ1v) is 6.60. The van der Waals surface area contributed by atoms with E-state index in [0.29, 0.717) is 11.4 Å².